The van der Waals surface area contributed by atoms with Crippen LogP contribution in [0.25, 0.3) is 5.88 Å². The first-order valence-corrected chi connectivity index (χ1v) is 5.45. The predicted octanol–water partition coefficient (Wildman–Crippen LogP) is -0.913. The van der Waals surface area contributed by atoms with Gasteiger partial charge in [-0.25, -0.2) is 9.36 Å². The standard InChI is InChI=1S/C12H13N3O4/c1-2-4-12(7-16)8(17)6-10(19-12)15-5-3-9(13)14-11(15)18/h3-6,8,16-17H,1,7H2,(H2,13,14,18)/t8-,12+/m0/s1. The van der Waals surface area contributed by atoms with Gasteiger partial charge in [0.05, 0.1) is 6.61 Å². The van der Waals surface area contributed by atoms with Crippen molar-refractivity contribution >= 4 is 11.7 Å². The summed E-state index contributed by atoms with van der Waals surface area (Å²) >= 11 is 0. The molecule has 0 unspecified atom stereocenters. The van der Waals surface area contributed by atoms with Crippen LogP contribution < -0.4 is 11.4 Å². The summed E-state index contributed by atoms with van der Waals surface area (Å²) in [5.74, 6) is 0.144. The van der Waals surface area contributed by atoms with Crippen LogP contribution in [0.4, 0.5) is 5.82 Å². The minimum absolute atomic E-state index is 0.0607. The Morgan fingerprint density at radius 3 is 3.05 bits per heavy atom. The molecule has 7 nitrogen and oxygen atoms in total. The van der Waals surface area contributed by atoms with Crippen molar-refractivity contribution < 1.29 is 14.9 Å². The van der Waals surface area contributed by atoms with E-state index in [4.69, 9.17) is 10.5 Å². The van der Waals surface area contributed by atoms with Crippen molar-refractivity contribution in [1.82, 2.24) is 9.55 Å². The van der Waals surface area contributed by atoms with E-state index in [9.17, 15) is 15.0 Å². The van der Waals surface area contributed by atoms with Crippen molar-refractivity contribution in [1.29, 1.82) is 0 Å². The molecule has 1 aliphatic rings. The number of aliphatic hydroxyl groups is 2. The SMILES string of the molecule is C=C=C[C@]1(CO)OC(n2ccc(N)nc2=O)=C[C@@H]1O. The minimum Gasteiger partial charge on any atom is -0.462 e. The summed E-state index contributed by atoms with van der Waals surface area (Å²) in [4.78, 5) is 15.2. The Hall–Kier alpha value is -2.34. The second kappa shape index (κ2) is 4.74. The number of hydrogen-bond donors (Lipinski definition) is 3. The summed E-state index contributed by atoms with van der Waals surface area (Å²) in [6.45, 7) is 2.88. The number of anilines is 1. The van der Waals surface area contributed by atoms with E-state index in [1.54, 1.807) is 0 Å². The smallest absolute Gasteiger partial charge is 0.356 e. The molecule has 2 atom stereocenters. The second-order valence-corrected chi connectivity index (χ2v) is 4.02. The number of aromatic nitrogens is 2. The van der Waals surface area contributed by atoms with Gasteiger partial charge in [0, 0.05) is 18.3 Å². The highest BCUT2D eigenvalue weighted by Crippen LogP contribution is 2.31. The molecule has 0 bridgehead atoms. The van der Waals surface area contributed by atoms with Crippen molar-refractivity contribution in [3.05, 3.63) is 47.2 Å². The van der Waals surface area contributed by atoms with Crippen molar-refractivity contribution in [2.45, 2.75) is 11.7 Å². The third-order valence-corrected chi connectivity index (χ3v) is 2.75. The molecule has 0 fully saturated rings. The predicted molar refractivity (Wildman–Crippen MR) is 67.8 cm³/mol. The highest BCUT2D eigenvalue weighted by atomic mass is 16.5. The van der Waals surface area contributed by atoms with Crippen molar-refractivity contribution in [3.63, 3.8) is 0 Å². The van der Waals surface area contributed by atoms with E-state index >= 15 is 0 Å². The Morgan fingerprint density at radius 1 is 1.74 bits per heavy atom. The van der Waals surface area contributed by atoms with Crippen LogP contribution in [0, 0.1) is 0 Å². The Labute approximate surface area is 108 Å². The Bertz CT molecular complexity index is 630. The number of aliphatic hydroxyl groups excluding tert-OH is 2. The third-order valence-electron chi connectivity index (χ3n) is 2.75. The molecule has 1 aromatic heterocycles. The second-order valence-electron chi connectivity index (χ2n) is 4.02. The van der Waals surface area contributed by atoms with Crippen molar-refractivity contribution in [2.75, 3.05) is 12.3 Å². The molecule has 100 valence electrons. The van der Waals surface area contributed by atoms with E-state index in [1.165, 1.54) is 24.4 Å². The van der Waals surface area contributed by atoms with Gasteiger partial charge in [0.15, 0.2) is 5.60 Å². The summed E-state index contributed by atoms with van der Waals surface area (Å²) in [6.07, 6.45) is 2.83. The molecule has 4 N–H and O–H groups in total. The van der Waals surface area contributed by atoms with Gasteiger partial charge in [-0.2, -0.15) is 4.98 Å². The molecule has 0 spiro atoms. The summed E-state index contributed by atoms with van der Waals surface area (Å²) in [6, 6.07) is 1.42. The van der Waals surface area contributed by atoms with Crippen LogP contribution in [-0.4, -0.2) is 38.1 Å². The third kappa shape index (κ3) is 2.17. The van der Waals surface area contributed by atoms with Gasteiger partial charge >= 0.3 is 5.69 Å². The number of rotatable bonds is 3. The van der Waals surface area contributed by atoms with Crippen molar-refractivity contribution in [3.8, 4) is 0 Å². The summed E-state index contributed by atoms with van der Waals surface area (Å²) < 4.78 is 6.52. The molecule has 0 amide bonds. The molecule has 0 saturated carbocycles. The molecule has 7 heteroatoms. The fraction of sp³-hybridized carbons (Fsp3) is 0.250. The molecule has 1 aromatic rings. The van der Waals surface area contributed by atoms with E-state index in [0.29, 0.717) is 0 Å². The topological polar surface area (TPSA) is 111 Å². The molecular weight excluding hydrogens is 250 g/mol. The fourth-order valence-electron chi connectivity index (χ4n) is 1.74. The van der Waals surface area contributed by atoms with Crippen LogP contribution in [0.3, 0.4) is 0 Å². The molecule has 1 aliphatic heterocycles. The maximum atomic E-state index is 11.7. The lowest BCUT2D eigenvalue weighted by molar-refractivity contribution is -0.0336. The summed E-state index contributed by atoms with van der Waals surface area (Å²) in [7, 11) is 0. The first-order valence-electron chi connectivity index (χ1n) is 5.45. The molecule has 0 aliphatic carbocycles. The maximum absolute atomic E-state index is 11.7. The Morgan fingerprint density at radius 2 is 2.47 bits per heavy atom. The van der Waals surface area contributed by atoms with Gasteiger partial charge in [-0.15, -0.1) is 5.73 Å². The van der Waals surface area contributed by atoms with Crippen LogP contribution in [0.15, 0.2) is 41.5 Å². The molecule has 0 saturated heterocycles. The minimum atomic E-state index is -1.39. The van der Waals surface area contributed by atoms with Crippen LogP contribution in [0.1, 0.15) is 0 Å². The van der Waals surface area contributed by atoms with Gasteiger partial charge < -0.3 is 20.7 Å². The maximum Gasteiger partial charge on any atom is 0.356 e. The van der Waals surface area contributed by atoms with E-state index in [0.717, 1.165) is 4.57 Å². The van der Waals surface area contributed by atoms with Gasteiger partial charge in [-0.05, 0) is 6.07 Å². The highest BCUT2D eigenvalue weighted by Gasteiger charge is 2.43. The number of nitrogens with zero attached hydrogens (tertiary/aromatic N) is 2. The van der Waals surface area contributed by atoms with Crippen molar-refractivity contribution in [2.24, 2.45) is 0 Å². The zero-order valence-electron chi connectivity index (χ0n) is 9.98. The lowest BCUT2D eigenvalue weighted by Crippen LogP contribution is -2.41. The van der Waals surface area contributed by atoms with Crippen LogP contribution >= 0.6 is 0 Å². The molecule has 19 heavy (non-hydrogen) atoms. The van der Waals surface area contributed by atoms with Gasteiger partial charge in [0.2, 0.25) is 5.88 Å². The van der Waals surface area contributed by atoms with Gasteiger partial charge in [0.25, 0.3) is 0 Å². The zero-order chi connectivity index (χ0) is 14.0. The Kier molecular flexibility index (Phi) is 3.26. The lowest BCUT2D eigenvalue weighted by Gasteiger charge is -2.26. The molecule has 2 rings (SSSR count). The number of nitrogen functional groups attached to an aromatic ring is 1. The largest absolute Gasteiger partial charge is 0.462 e. The van der Waals surface area contributed by atoms with Gasteiger partial charge in [-0.3, -0.25) is 0 Å². The summed E-state index contributed by atoms with van der Waals surface area (Å²) in [5, 5.41) is 19.3. The molecule has 2 heterocycles. The molecule has 0 radical (unpaired) electrons. The lowest BCUT2D eigenvalue weighted by atomic mass is 9.99. The normalized spacial score (nSPS) is 25.4. The quantitative estimate of drug-likeness (QED) is 0.609. The molecular formula is C12H13N3O4. The van der Waals surface area contributed by atoms with E-state index in [1.807, 2.05) is 0 Å². The van der Waals surface area contributed by atoms with Gasteiger partial charge in [-0.1, -0.05) is 6.58 Å². The number of hydrogen-bond acceptors (Lipinski definition) is 6. The van der Waals surface area contributed by atoms with Gasteiger partial charge in [0.1, 0.15) is 11.9 Å². The Balaban J connectivity index is 2.42. The van der Waals surface area contributed by atoms with Crippen LogP contribution in [0.2, 0.25) is 0 Å². The zero-order valence-corrected chi connectivity index (χ0v) is 9.98. The summed E-state index contributed by atoms with van der Waals surface area (Å²) in [5.41, 5.74) is 5.80. The molecule has 0 aromatic carbocycles. The number of nitrogens with two attached hydrogens (primary N) is 1. The van der Waals surface area contributed by atoms with E-state index in [-0.39, 0.29) is 11.7 Å². The monoisotopic (exact) mass is 263 g/mol. The van der Waals surface area contributed by atoms with Crippen LogP contribution in [0.5, 0.6) is 0 Å². The van der Waals surface area contributed by atoms with E-state index < -0.39 is 24.0 Å². The number of ether oxygens (including phenoxy) is 1. The average Bonchev–Trinajstić information content (AvgIpc) is 2.67. The van der Waals surface area contributed by atoms with E-state index in [2.05, 4.69) is 17.3 Å². The fourth-order valence-corrected chi connectivity index (χ4v) is 1.74. The first-order chi connectivity index (χ1) is 9.02. The highest BCUT2D eigenvalue weighted by molar-refractivity contribution is 5.46. The average molecular weight is 263 g/mol. The van der Waals surface area contributed by atoms with Crippen LogP contribution in [-0.2, 0) is 4.74 Å². The first kappa shape index (κ1) is 13.1.